The van der Waals surface area contributed by atoms with Crippen LogP contribution in [0.1, 0.15) is 45.7 Å². The van der Waals surface area contributed by atoms with Crippen molar-refractivity contribution in [2.75, 3.05) is 51.9 Å². The van der Waals surface area contributed by atoms with Gasteiger partial charge in [0.25, 0.3) is 23.6 Å². The summed E-state index contributed by atoms with van der Waals surface area (Å²) in [7, 11) is 2.29. The molecule has 0 aliphatic carbocycles. The van der Waals surface area contributed by atoms with Crippen molar-refractivity contribution in [1.29, 1.82) is 0 Å². The summed E-state index contributed by atoms with van der Waals surface area (Å²) in [5.41, 5.74) is 10.5. The molecule has 2 aliphatic rings. The van der Waals surface area contributed by atoms with Crippen LogP contribution in [0.25, 0.3) is 33.5 Å². The van der Waals surface area contributed by atoms with Gasteiger partial charge in [-0.2, -0.15) is 62.9 Å². The number of carbonyl (C=O) groups excluding carboxylic acids is 4. The highest BCUT2D eigenvalue weighted by atomic mass is 19.4. The number of hydrogen-bond acceptors (Lipinski definition) is 16. The second-order valence-electron chi connectivity index (χ2n) is 18.3. The summed E-state index contributed by atoms with van der Waals surface area (Å²) >= 11 is 0. The molecule has 0 bridgehead atoms. The minimum absolute atomic E-state index is 0.0429. The second-order valence-corrected chi connectivity index (χ2v) is 18.3. The van der Waals surface area contributed by atoms with Gasteiger partial charge in [-0.05, 0) is 38.1 Å². The van der Waals surface area contributed by atoms with Crippen LogP contribution >= 0.6 is 0 Å². The number of ether oxygens (including phenoxy) is 2. The number of fused-ring (bicyclic) bond motifs is 2. The predicted molar refractivity (Wildman–Crippen MR) is 247 cm³/mol. The van der Waals surface area contributed by atoms with E-state index >= 15 is 0 Å². The average Bonchev–Trinajstić information content (AvgIpc) is 4.16. The number of likely N-dealkylation sites (tertiary alicyclic amines) is 2. The number of nitrogens with zero attached hydrogens (tertiary/aromatic N) is 10. The number of methoxy groups -OCH3 is 2. The number of aromatic nitrogens is 8. The molecule has 2 fully saturated rings. The van der Waals surface area contributed by atoms with Crippen LogP contribution < -0.4 is 43.0 Å². The van der Waals surface area contributed by atoms with E-state index in [9.17, 15) is 80.6 Å². The Morgan fingerprint density at radius 1 is 0.562 bits per heavy atom. The zero-order valence-corrected chi connectivity index (χ0v) is 41.3. The zero-order chi connectivity index (χ0) is 59.6. The van der Waals surface area contributed by atoms with E-state index in [1.165, 1.54) is 0 Å². The Hall–Kier alpha value is -8.44. The first-order valence-electron chi connectivity index (χ1n) is 22.6. The van der Waals surface area contributed by atoms with Crippen LogP contribution in [0.15, 0.2) is 49.3 Å². The minimum atomic E-state index is -5.11. The lowest BCUT2D eigenvalue weighted by molar-refractivity contribution is -0.194. The van der Waals surface area contributed by atoms with Crippen molar-refractivity contribution in [3.63, 3.8) is 0 Å². The molecule has 80 heavy (non-hydrogen) atoms. The van der Waals surface area contributed by atoms with E-state index in [4.69, 9.17) is 32.4 Å². The van der Waals surface area contributed by atoms with E-state index in [0.29, 0.717) is 23.6 Å². The summed E-state index contributed by atoms with van der Waals surface area (Å²) < 4.78 is 202. The molecule has 432 valence electrons. The highest BCUT2D eigenvalue weighted by Crippen LogP contribution is 2.41. The van der Waals surface area contributed by atoms with Crippen molar-refractivity contribution >= 4 is 46.3 Å². The van der Waals surface area contributed by atoms with Crippen LogP contribution in [-0.2, 0) is 21.9 Å². The minimum Gasteiger partial charge on any atom is -0.480 e. The summed E-state index contributed by atoms with van der Waals surface area (Å²) in [6.07, 6.45) is -19.8. The molecule has 4 amide bonds. The van der Waals surface area contributed by atoms with Gasteiger partial charge in [0.1, 0.15) is 47.2 Å². The molecule has 10 N–H and O–H groups in total. The third-order valence-corrected chi connectivity index (χ3v) is 12.7. The van der Waals surface area contributed by atoms with Gasteiger partial charge in [0.05, 0.1) is 61.9 Å². The fraction of sp³-hybridized carbons (Fsp3) is 0.409. The van der Waals surface area contributed by atoms with E-state index in [1.807, 2.05) is 0 Å². The monoisotopic (exact) mass is 1160 g/mol. The molecule has 0 aromatic carbocycles. The SMILES string of the molecule is COc1ncc(-c2cc(C(F)(F)F)c3c(N)ncnn23)cc1C(=O)N[C@@H]1CN(C(=O)C(C)(N)C(F)(F)F)C[C@@H]1F.COc1ncc(-c2cc(C(F)(F)F)c3c(N)ncnn23)cc1C(=O)N[C@@H]1CN(C(=O)C(C)(N)C(F)(F)F)C[C@@H]1F. The fourth-order valence-electron chi connectivity index (χ4n) is 8.34. The molecule has 0 radical (unpaired) electrons. The van der Waals surface area contributed by atoms with Gasteiger partial charge in [-0.15, -0.1) is 0 Å². The van der Waals surface area contributed by atoms with Crippen LogP contribution in [0.4, 0.5) is 73.1 Å². The summed E-state index contributed by atoms with van der Waals surface area (Å²) in [5.74, 6) is -6.70. The maximum absolute atomic E-state index is 14.7. The number of nitrogens with two attached hydrogens (primary N) is 4. The van der Waals surface area contributed by atoms with E-state index < -0.39 is 144 Å². The third kappa shape index (κ3) is 11.1. The Morgan fingerprint density at radius 3 is 1.20 bits per heavy atom. The molecule has 6 aromatic heterocycles. The quantitative estimate of drug-likeness (QED) is 0.106. The van der Waals surface area contributed by atoms with Gasteiger partial charge in [-0.1, -0.05) is 0 Å². The third-order valence-electron chi connectivity index (χ3n) is 12.7. The predicted octanol–water partition coefficient (Wildman–Crippen LogP) is 3.92. The van der Waals surface area contributed by atoms with E-state index in [1.54, 1.807) is 0 Å². The van der Waals surface area contributed by atoms with Crippen LogP contribution in [0.5, 0.6) is 11.8 Å². The van der Waals surface area contributed by atoms with Gasteiger partial charge in [-0.25, -0.2) is 37.7 Å². The molecule has 2 aliphatic heterocycles. The van der Waals surface area contributed by atoms with Crippen LogP contribution in [0.2, 0.25) is 0 Å². The molecular weight excluding hydrogens is 1110 g/mol. The second kappa shape index (κ2) is 21.0. The number of nitrogens with one attached hydrogen (secondary N) is 2. The fourth-order valence-corrected chi connectivity index (χ4v) is 8.34. The Bertz CT molecular complexity index is 3160. The topological polar surface area (TPSA) is 308 Å². The lowest BCUT2D eigenvalue weighted by atomic mass is 10.0. The van der Waals surface area contributed by atoms with Gasteiger partial charge in [0.2, 0.25) is 11.8 Å². The van der Waals surface area contributed by atoms with Crippen molar-refractivity contribution in [3.05, 3.63) is 71.6 Å². The highest BCUT2D eigenvalue weighted by molar-refractivity contribution is 5.99. The molecule has 8 heterocycles. The molecule has 36 heteroatoms. The molecule has 6 atom stereocenters. The summed E-state index contributed by atoms with van der Waals surface area (Å²) in [6.45, 7) is -1.88. The van der Waals surface area contributed by atoms with Gasteiger partial charge in [-0.3, -0.25) is 19.2 Å². The van der Waals surface area contributed by atoms with E-state index in [2.05, 4.69) is 40.8 Å². The van der Waals surface area contributed by atoms with E-state index in [0.717, 1.165) is 72.6 Å². The Balaban J connectivity index is 0.000000231. The number of rotatable bonds is 10. The van der Waals surface area contributed by atoms with Crippen molar-refractivity contribution < 1.29 is 90.1 Å². The molecule has 0 saturated carbocycles. The number of nitrogen functional groups attached to an aromatic ring is 2. The molecule has 2 unspecified atom stereocenters. The number of halogens is 14. The Labute approximate surface area is 438 Å². The molecule has 6 aromatic rings. The Kier molecular flexibility index (Phi) is 15.5. The van der Waals surface area contributed by atoms with E-state index in [-0.39, 0.29) is 45.4 Å². The van der Waals surface area contributed by atoms with Crippen molar-refractivity contribution in [3.8, 4) is 34.3 Å². The summed E-state index contributed by atoms with van der Waals surface area (Å²) in [5, 5.41) is 12.2. The lowest BCUT2D eigenvalue weighted by Crippen LogP contribution is -2.62. The van der Waals surface area contributed by atoms with Crippen LogP contribution in [0.3, 0.4) is 0 Å². The maximum Gasteiger partial charge on any atom is 0.418 e. The Morgan fingerprint density at radius 2 is 0.900 bits per heavy atom. The van der Waals surface area contributed by atoms with Gasteiger partial charge in [0, 0.05) is 36.6 Å². The molecule has 8 rings (SSSR count). The molecular formula is C44H42F14N16O6. The molecule has 22 nitrogen and oxygen atoms in total. The molecule has 0 spiro atoms. The van der Waals surface area contributed by atoms with Crippen LogP contribution in [0, 0.1) is 0 Å². The smallest absolute Gasteiger partial charge is 0.418 e. The van der Waals surface area contributed by atoms with Gasteiger partial charge in [0.15, 0.2) is 22.7 Å². The maximum atomic E-state index is 14.7. The highest BCUT2D eigenvalue weighted by Gasteiger charge is 2.58. The van der Waals surface area contributed by atoms with Crippen molar-refractivity contribution in [2.24, 2.45) is 11.5 Å². The first-order chi connectivity index (χ1) is 36.9. The van der Waals surface area contributed by atoms with Crippen molar-refractivity contribution in [2.45, 2.75) is 74.1 Å². The number of hydrogen-bond donors (Lipinski definition) is 6. The number of pyridine rings is 2. The number of carbonyl (C=O) groups is 4. The van der Waals surface area contributed by atoms with Crippen molar-refractivity contribution in [1.82, 2.24) is 59.6 Å². The standard InChI is InChI=1S/2C22H21F7N8O3/c2*1-20(31,22(27,28)29)19(39)36-6-12(23)13(7-36)35-17(38)10-3-9(5-32-18(10)40-2)14-4-11(21(24,25)26)15-16(30)33-8-34-37(14)15/h2*3-5,8,12-13H,6-7,31H2,1-2H3,(H,35,38)(H2,30,33,34)/t2*12-,13+,20?/m00/s1. The lowest BCUT2D eigenvalue weighted by Gasteiger charge is -2.30. The first-order valence-corrected chi connectivity index (χ1v) is 22.6. The average molecular weight is 1160 g/mol. The zero-order valence-electron chi connectivity index (χ0n) is 41.3. The number of alkyl halides is 14. The first kappa shape index (κ1) is 59.2. The van der Waals surface area contributed by atoms with Crippen LogP contribution in [-0.4, -0.2) is 161 Å². The van der Waals surface area contributed by atoms with Gasteiger partial charge < -0.3 is 52.8 Å². The normalized spacial score (nSPS) is 19.5. The molecule has 2 saturated heterocycles. The largest absolute Gasteiger partial charge is 0.480 e. The summed E-state index contributed by atoms with van der Waals surface area (Å²) in [4.78, 5) is 67.0. The summed E-state index contributed by atoms with van der Waals surface area (Å²) in [6, 6.07) is 0.794. The van der Waals surface area contributed by atoms with Gasteiger partial charge >= 0.3 is 24.7 Å². The number of amides is 4. The number of anilines is 2.